The molecule has 0 aliphatic rings. The molecule has 1 aromatic heterocycles. The van der Waals surface area contributed by atoms with E-state index in [2.05, 4.69) is 14.7 Å². The molecule has 114 valence electrons. The van der Waals surface area contributed by atoms with Crippen LogP contribution in [-0.4, -0.2) is 10.1 Å². The smallest absolute Gasteiger partial charge is 0.264 e. The Balaban J connectivity index is 2.53. The van der Waals surface area contributed by atoms with Gasteiger partial charge >= 0.3 is 0 Å². The summed E-state index contributed by atoms with van der Waals surface area (Å²) in [6, 6.07) is 0. The zero-order valence-electron chi connectivity index (χ0n) is 10.6. The highest BCUT2D eigenvalue weighted by molar-refractivity contribution is 6.20. The molecule has 21 heavy (non-hydrogen) atoms. The van der Waals surface area contributed by atoms with Gasteiger partial charge in [0.25, 0.3) is 5.89 Å². The summed E-state index contributed by atoms with van der Waals surface area (Å²) in [5.41, 5.74) is -1.27. The molecule has 9 heteroatoms. The number of hydrogen-bond acceptors (Lipinski definition) is 3. The van der Waals surface area contributed by atoms with Gasteiger partial charge in [0.1, 0.15) is 5.56 Å². The third kappa shape index (κ3) is 2.72. The van der Waals surface area contributed by atoms with E-state index in [0.717, 1.165) is 0 Å². The molecule has 1 aromatic carbocycles. The van der Waals surface area contributed by atoms with Crippen LogP contribution in [0.25, 0.3) is 11.5 Å². The second kappa shape index (κ2) is 5.97. The molecule has 1 heterocycles. The Kier molecular flexibility index (Phi) is 4.46. The molecular weight excluding hydrogens is 319 g/mol. The SMILES string of the molecule is CCCC(Cl)c1noc(-c2c(F)c(F)c(F)c(F)c2F)n1. The van der Waals surface area contributed by atoms with Crippen LogP contribution in [-0.2, 0) is 0 Å². The third-order valence-corrected chi connectivity index (χ3v) is 3.10. The van der Waals surface area contributed by atoms with E-state index in [1.54, 1.807) is 0 Å². The van der Waals surface area contributed by atoms with Crippen LogP contribution in [0.2, 0.25) is 0 Å². The summed E-state index contributed by atoms with van der Waals surface area (Å²) < 4.78 is 70.8. The topological polar surface area (TPSA) is 38.9 Å². The Labute approximate surface area is 120 Å². The fraction of sp³-hybridized carbons (Fsp3) is 0.333. The molecule has 2 rings (SSSR count). The lowest BCUT2D eigenvalue weighted by atomic mass is 10.1. The van der Waals surface area contributed by atoms with Crippen molar-refractivity contribution in [3.63, 3.8) is 0 Å². The van der Waals surface area contributed by atoms with Crippen molar-refractivity contribution in [2.24, 2.45) is 0 Å². The van der Waals surface area contributed by atoms with Crippen LogP contribution in [0.15, 0.2) is 4.52 Å². The number of benzene rings is 1. The van der Waals surface area contributed by atoms with Crippen molar-refractivity contribution < 1.29 is 26.5 Å². The van der Waals surface area contributed by atoms with E-state index >= 15 is 0 Å². The van der Waals surface area contributed by atoms with Crippen LogP contribution in [0.3, 0.4) is 0 Å². The Morgan fingerprint density at radius 2 is 1.52 bits per heavy atom. The van der Waals surface area contributed by atoms with E-state index < -0.39 is 45.9 Å². The standard InChI is InChI=1S/C12H8ClF5N2O/c1-2-3-4(13)11-19-12(21-20-11)5-6(14)8(16)10(18)9(17)7(5)15/h4H,2-3H2,1H3. The minimum absolute atomic E-state index is 0.0857. The maximum atomic E-state index is 13.6. The van der Waals surface area contributed by atoms with Gasteiger partial charge in [-0.25, -0.2) is 22.0 Å². The molecule has 1 atom stereocenters. The van der Waals surface area contributed by atoms with Gasteiger partial charge in [-0.15, -0.1) is 11.6 Å². The predicted octanol–water partition coefficient (Wildman–Crippen LogP) is 4.51. The minimum Gasteiger partial charge on any atom is -0.334 e. The quantitative estimate of drug-likeness (QED) is 0.359. The molecular formula is C12H8ClF5N2O. The van der Waals surface area contributed by atoms with Crippen molar-refractivity contribution in [2.45, 2.75) is 25.1 Å². The van der Waals surface area contributed by atoms with Crippen LogP contribution < -0.4 is 0 Å². The summed E-state index contributed by atoms with van der Waals surface area (Å²) in [5, 5.41) is 2.70. The van der Waals surface area contributed by atoms with E-state index in [1.165, 1.54) is 0 Å². The lowest BCUT2D eigenvalue weighted by molar-refractivity contribution is 0.371. The van der Waals surface area contributed by atoms with Crippen LogP contribution in [0.4, 0.5) is 22.0 Å². The Morgan fingerprint density at radius 1 is 1.00 bits per heavy atom. The lowest BCUT2D eigenvalue weighted by Gasteiger charge is -2.04. The van der Waals surface area contributed by atoms with E-state index in [9.17, 15) is 22.0 Å². The molecule has 0 amide bonds. The normalized spacial score (nSPS) is 12.7. The summed E-state index contributed by atoms with van der Waals surface area (Å²) in [6.45, 7) is 1.83. The molecule has 1 unspecified atom stereocenters. The Hall–Kier alpha value is -1.70. The van der Waals surface area contributed by atoms with E-state index in [1.807, 2.05) is 6.92 Å². The molecule has 3 nitrogen and oxygen atoms in total. The highest BCUT2D eigenvalue weighted by Crippen LogP contribution is 2.32. The number of halogens is 6. The molecule has 0 radical (unpaired) electrons. The fourth-order valence-electron chi connectivity index (χ4n) is 1.64. The van der Waals surface area contributed by atoms with Crippen LogP contribution >= 0.6 is 11.6 Å². The summed E-state index contributed by atoms with van der Waals surface area (Å²) in [7, 11) is 0. The summed E-state index contributed by atoms with van der Waals surface area (Å²) >= 11 is 5.89. The molecule has 0 N–H and O–H groups in total. The zero-order chi connectivity index (χ0) is 15.7. The predicted molar refractivity (Wildman–Crippen MR) is 63.0 cm³/mol. The monoisotopic (exact) mass is 326 g/mol. The first kappa shape index (κ1) is 15.7. The summed E-state index contributed by atoms with van der Waals surface area (Å²) in [6.07, 6.45) is 1.14. The number of rotatable bonds is 4. The average molecular weight is 327 g/mol. The highest BCUT2D eigenvalue weighted by Gasteiger charge is 2.30. The second-order valence-electron chi connectivity index (χ2n) is 4.16. The van der Waals surface area contributed by atoms with Crippen LogP contribution in [0.1, 0.15) is 31.0 Å². The highest BCUT2D eigenvalue weighted by atomic mass is 35.5. The first-order valence-corrected chi connectivity index (χ1v) is 6.31. The van der Waals surface area contributed by atoms with Crippen molar-refractivity contribution in [1.82, 2.24) is 10.1 Å². The number of hydrogen-bond donors (Lipinski definition) is 0. The maximum Gasteiger partial charge on any atom is 0.264 e. The molecule has 0 fully saturated rings. The van der Waals surface area contributed by atoms with Gasteiger partial charge < -0.3 is 4.52 Å². The average Bonchev–Trinajstić information content (AvgIpc) is 2.93. The van der Waals surface area contributed by atoms with Gasteiger partial charge in [0.2, 0.25) is 5.82 Å². The zero-order valence-corrected chi connectivity index (χ0v) is 11.3. The first-order valence-electron chi connectivity index (χ1n) is 5.87. The number of nitrogens with zero attached hydrogens (tertiary/aromatic N) is 2. The van der Waals surface area contributed by atoms with Crippen molar-refractivity contribution >= 4 is 11.6 Å². The minimum atomic E-state index is -2.25. The van der Waals surface area contributed by atoms with Crippen LogP contribution in [0.5, 0.6) is 0 Å². The largest absolute Gasteiger partial charge is 0.334 e. The molecule has 0 spiro atoms. The van der Waals surface area contributed by atoms with Gasteiger partial charge in [0, 0.05) is 0 Å². The molecule has 0 saturated heterocycles. The molecule has 0 bridgehead atoms. The summed E-state index contributed by atoms with van der Waals surface area (Å²) in [4.78, 5) is 3.59. The lowest BCUT2D eigenvalue weighted by Crippen LogP contribution is -2.04. The second-order valence-corrected chi connectivity index (χ2v) is 4.69. The maximum absolute atomic E-state index is 13.6. The summed E-state index contributed by atoms with van der Waals surface area (Å²) in [5.74, 6) is -11.4. The number of aromatic nitrogens is 2. The number of alkyl halides is 1. The van der Waals surface area contributed by atoms with E-state index in [-0.39, 0.29) is 5.82 Å². The Morgan fingerprint density at radius 3 is 2.05 bits per heavy atom. The molecule has 0 aliphatic heterocycles. The third-order valence-electron chi connectivity index (χ3n) is 2.69. The van der Waals surface area contributed by atoms with Gasteiger partial charge in [-0.2, -0.15) is 4.98 Å². The van der Waals surface area contributed by atoms with Gasteiger partial charge in [-0.05, 0) is 6.42 Å². The van der Waals surface area contributed by atoms with Gasteiger partial charge in [0.05, 0.1) is 5.38 Å². The van der Waals surface area contributed by atoms with Crippen molar-refractivity contribution in [3.05, 3.63) is 34.9 Å². The van der Waals surface area contributed by atoms with Gasteiger partial charge in [-0.3, -0.25) is 0 Å². The van der Waals surface area contributed by atoms with Crippen molar-refractivity contribution in [3.8, 4) is 11.5 Å². The molecule has 0 aliphatic carbocycles. The molecule has 0 saturated carbocycles. The van der Waals surface area contributed by atoms with Crippen molar-refractivity contribution in [1.29, 1.82) is 0 Å². The van der Waals surface area contributed by atoms with E-state index in [4.69, 9.17) is 11.6 Å². The van der Waals surface area contributed by atoms with Crippen LogP contribution in [0, 0.1) is 29.1 Å². The van der Waals surface area contributed by atoms with Crippen molar-refractivity contribution in [2.75, 3.05) is 0 Å². The first-order chi connectivity index (χ1) is 9.88. The van der Waals surface area contributed by atoms with Gasteiger partial charge in [-0.1, -0.05) is 18.5 Å². The van der Waals surface area contributed by atoms with E-state index in [0.29, 0.717) is 12.8 Å². The van der Waals surface area contributed by atoms with Gasteiger partial charge in [0.15, 0.2) is 29.1 Å². The molecule has 2 aromatic rings. The fourth-order valence-corrected chi connectivity index (χ4v) is 1.95. The Bertz CT molecular complexity index is 647.